The summed E-state index contributed by atoms with van der Waals surface area (Å²) in [7, 11) is 0. The zero-order chi connectivity index (χ0) is 6.53. The highest BCUT2D eigenvalue weighted by Gasteiger charge is 1.98. The minimum absolute atomic E-state index is 0.880. The molecule has 0 saturated carbocycles. The van der Waals surface area contributed by atoms with Crippen molar-refractivity contribution in [2.75, 3.05) is 13.1 Å². The van der Waals surface area contributed by atoms with E-state index in [2.05, 4.69) is 4.99 Å². The molecule has 0 aliphatic carbocycles. The Bertz CT molecular complexity index is 167. The average Bonchev–Trinajstić information content (AvgIpc) is 2.34. The standard InChI is InChI=1S/C6H7N3/c7-5-8-6-9-3-1-2-4-9/h1-2,6H,3-4H2. The molecule has 0 aromatic heterocycles. The first-order chi connectivity index (χ1) is 4.43. The van der Waals surface area contributed by atoms with Gasteiger partial charge in [-0.2, -0.15) is 10.3 Å². The van der Waals surface area contributed by atoms with Gasteiger partial charge in [0.25, 0.3) is 0 Å². The summed E-state index contributed by atoms with van der Waals surface area (Å²) in [6.45, 7) is 1.76. The van der Waals surface area contributed by atoms with Gasteiger partial charge in [-0.25, -0.2) is 0 Å². The molecule has 0 atom stereocenters. The van der Waals surface area contributed by atoms with Gasteiger partial charge >= 0.3 is 0 Å². The van der Waals surface area contributed by atoms with Gasteiger partial charge in [0.15, 0.2) is 0 Å². The molecule has 46 valence electrons. The topological polar surface area (TPSA) is 39.4 Å². The maximum atomic E-state index is 8.03. The van der Waals surface area contributed by atoms with Crippen molar-refractivity contribution in [1.82, 2.24) is 4.90 Å². The highest BCUT2D eigenvalue weighted by Crippen LogP contribution is 1.93. The summed E-state index contributed by atoms with van der Waals surface area (Å²) in [6.07, 6.45) is 7.34. The van der Waals surface area contributed by atoms with Gasteiger partial charge in [0.1, 0.15) is 6.34 Å². The Morgan fingerprint density at radius 2 is 2.22 bits per heavy atom. The zero-order valence-electron chi connectivity index (χ0n) is 4.99. The number of hydrogen-bond acceptors (Lipinski definition) is 2. The Morgan fingerprint density at radius 1 is 1.56 bits per heavy atom. The van der Waals surface area contributed by atoms with E-state index < -0.39 is 0 Å². The van der Waals surface area contributed by atoms with E-state index in [1.807, 2.05) is 17.1 Å². The van der Waals surface area contributed by atoms with Crippen LogP contribution in [0, 0.1) is 11.5 Å². The maximum Gasteiger partial charge on any atom is 0.207 e. The first-order valence-corrected chi connectivity index (χ1v) is 2.75. The van der Waals surface area contributed by atoms with Crippen molar-refractivity contribution in [2.45, 2.75) is 0 Å². The first kappa shape index (κ1) is 5.83. The average molecular weight is 121 g/mol. The molecule has 0 radical (unpaired) electrons. The molecule has 3 nitrogen and oxygen atoms in total. The van der Waals surface area contributed by atoms with Gasteiger partial charge in [-0.05, 0) is 0 Å². The summed E-state index contributed by atoms with van der Waals surface area (Å²) >= 11 is 0. The fourth-order valence-corrected chi connectivity index (χ4v) is 0.696. The van der Waals surface area contributed by atoms with E-state index in [0.717, 1.165) is 13.1 Å². The van der Waals surface area contributed by atoms with Crippen molar-refractivity contribution in [3.05, 3.63) is 12.2 Å². The van der Waals surface area contributed by atoms with Crippen molar-refractivity contribution < 1.29 is 0 Å². The van der Waals surface area contributed by atoms with Crippen molar-refractivity contribution in [2.24, 2.45) is 4.99 Å². The second kappa shape index (κ2) is 2.88. The summed E-state index contributed by atoms with van der Waals surface area (Å²) in [4.78, 5) is 5.37. The van der Waals surface area contributed by atoms with Gasteiger partial charge in [-0.1, -0.05) is 12.2 Å². The molecule has 0 aromatic rings. The van der Waals surface area contributed by atoms with Gasteiger partial charge in [0, 0.05) is 13.1 Å². The normalized spacial score (nSPS) is 17.0. The van der Waals surface area contributed by atoms with E-state index in [1.54, 1.807) is 12.5 Å². The smallest absolute Gasteiger partial charge is 0.207 e. The van der Waals surface area contributed by atoms with Crippen LogP contribution in [0.2, 0.25) is 0 Å². The van der Waals surface area contributed by atoms with E-state index in [9.17, 15) is 0 Å². The summed E-state index contributed by atoms with van der Waals surface area (Å²) in [5, 5.41) is 8.03. The molecule has 1 rings (SSSR count). The highest BCUT2D eigenvalue weighted by molar-refractivity contribution is 5.57. The lowest BCUT2D eigenvalue weighted by molar-refractivity contribution is 0.558. The Labute approximate surface area is 53.9 Å². The minimum atomic E-state index is 0.880. The molecule has 0 saturated heterocycles. The van der Waals surface area contributed by atoms with Crippen LogP contribution in [0.25, 0.3) is 0 Å². The monoisotopic (exact) mass is 121 g/mol. The molecule has 9 heavy (non-hydrogen) atoms. The van der Waals surface area contributed by atoms with Crippen LogP contribution < -0.4 is 0 Å². The van der Waals surface area contributed by atoms with E-state index in [-0.39, 0.29) is 0 Å². The Hall–Kier alpha value is -1.30. The summed E-state index contributed by atoms with van der Waals surface area (Å²) in [5.41, 5.74) is 0. The predicted octanol–water partition coefficient (Wildman–Crippen LogP) is 0.368. The van der Waals surface area contributed by atoms with Gasteiger partial charge < -0.3 is 4.90 Å². The molecule has 0 spiro atoms. The summed E-state index contributed by atoms with van der Waals surface area (Å²) in [5.74, 6) is 0. The second-order valence-corrected chi connectivity index (χ2v) is 1.77. The van der Waals surface area contributed by atoms with Gasteiger partial charge in [0.2, 0.25) is 6.19 Å². The molecule has 0 fully saturated rings. The largest absolute Gasteiger partial charge is 0.354 e. The third kappa shape index (κ3) is 1.57. The Morgan fingerprint density at radius 3 is 2.78 bits per heavy atom. The van der Waals surface area contributed by atoms with Crippen LogP contribution in [0.1, 0.15) is 0 Å². The molecule has 1 aliphatic rings. The van der Waals surface area contributed by atoms with Gasteiger partial charge in [0.05, 0.1) is 0 Å². The highest BCUT2D eigenvalue weighted by atomic mass is 15.1. The van der Waals surface area contributed by atoms with Crippen LogP contribution in [0.3, 0.4) is 0 Å². The van der Waals surface area contributed by atoms with Crippen molar-refractivity contribution in [3.8, 4) is 6.19 Å². The number of aliphatic imine (C=N–C) groups is 1. The predicted molar refractivity (Wildman–Crippen MR) is 34.8 cm³/mol. The molecular weight excluding hydrogens is 114 g/mol. The van der Waals surface area contributed by atoms with Crippen LogP contribution in [0.4, 0.5) is 0 Å². The lowest BCUT2D eigenvalue weighted by atomic mass is 10.6. The van der Waals surface area contributed by atoms with Gasteiger partial charge in [-0.3, -0.25) is 0 Å². The maximum absolute atomic E-state index is 8.03. The Balaban J connectivity index is 2.32. The van der Waals surface area contributed by atoms with Crippen LogP contribution >= 0.6 is 0 Å². The molecule has 0 bridgehead atoms. The van der Waals surface area contributed by atoms with E-state index in [1.165, 1.54) is 0 Å². The molecular formula is C6H7N3. The van der Waals surface area contributed by atoms with Crippen molar-refractivity contribution in [3.63, 3.8) is 0 Å². The summed E-state index contributed by atoms with van der Waals surface area (Å²) < 4.78 is 0. The fourth-order valence-electron chi connectivity index (χ4n) is 0.696. The van der Waals surface area contributed by atoms with Gasteiger partial charge in [-0.15, -0.1) is 0 Å². The zero-order valence-corrected chi connectivity index (χ0v) is 4.99. The quantitative estimate of drug-likeness (QED) is 0.217. The van der Waals surface area contributed by atoms with Crippen LogP contribution in [0.5, 0.6) is 0 Å². The van der Waals surface area contributed by atoms with Crippen LogP contribution in [0.15, 0.2) is 17.1 Å². The number of hydrogen-bond donors (Lipinski definition) is 0. The van der Waals surface area contributed by atoms with E-state index >= 15 is 0 Å². The lowest BCUT2D eigenvalue weighted by Gasteiger charge is -2.06. The molecule has 0 aromatic carbocycles. The van der Waals surface area contributed by atoms with E-state index in [4.69, 9.17) is 5.26 Å². The first-order valence-electron chi connectivity index (χ1n) is 2.75. The molecule has 1 heterocycles. The third-order valence-electron chi connectivity index (χ3n) is 1.13. The molecule has 1 aliphatic heterocycles. The molecule has 0 N–H and O–H groups in total. The number of nitriles is 1. The SMILES string of the molecule is N#CN=CN1CC=CC1. The van der Waals surface area contributed by atoms with E-state index in [0.29, 0.717) is 0 Å². The molecule has 3 heteroatoms. The van der Waals surface area contributed by atoms with Crippen molar-refractivity contribution in [1.29, 1.82) is 5.26 Å². The second-order valence-electron chi connectivity index (χ2n) is 1.77. The molecule has 0 amide bonds. The third-order valence-corrected chi connectivity index (χ3v) is 1.13. The summed E-state index contributed by atoms with van der Waals surface area (Å²) in [6, 6.07) is 0. The lowest BCUT2D eigenvalue weighted by Crippen LogP contribution is -2.16. The number of nitrogens with zero attached hydrogens (tertiary/aromatic N) is 3. The minimum Gasteiger partial charge on any atom is -0.354 e. The van der Waals surface area contributed by atoms with Crippen LogP contribution in [-0.2, 0) is 0 Å². The van der Waals surface area contributed by atoms with Crippen molar-refractivity contribution >= 4 is 6.34 Å². The Kier molecular flexibility index (Phi) is 1.86. The fraction of sp³-hybridized carbons (Fsp3) is 0.333. The van der Waals surface area contributed by atoms with Crippen LogP contribution in [-0.4, -0.2) is 24.3 Å². The number of rotatable bonds is 1. The molecule has 0 unspecified atom stereocenters.